The SMILES string of the molecule is Cc1ccc(S(=O)(=O)/N=C/C(=O)N2[C@@H]3C[C@H]4CC[C@]3(CS2(=O)=O)C4(C)C)cc1. The van der Waals surface area contributed by atoms with Gasteiger partial charge in [0.05, 0.1) is 16.7 Å². The highest BCUT2D eigenvalue weighted by molar-refractivity contribution is 7.90. The van der Waals surface area contributed by atoms with Gasteiger partial charge in [-0.2, -0.15) is 12.8 Å². The van der Waals surface area contributed by atoms with Gasteiger partial charge in [-0.3, -0.25) is 4.79 Å². The lowest BCUT2D eigenvalue weighted by Crippen LogP contribution is -2.44. The number of aryl methyl sites for hydroxylation is 1. The molecule has 0 N–H and O–H groups in total. The zero-order valence-electron chi connectivity index (χ0n) is 16.1. The predicted molar refractivity (Wildman–Crippen MR) is 105 cm³/mol. The van der Waals surface area contributed by atoms with E-state index in [0.717, 1.165) is 22.7 Å². The lowest BCUT2D eigenvalue weighted by Gasteiger charge is -2.36. The van der Waals surface area contributed by atoms with Gasteiger partial charge in [0.25, 0.3) is 15.9 Å². The van der Waals surface area contributed by atoms with Crippen LogP contribution in [0.4, 0.5) is 0 Å². The van der Waals surface area contributed by atoms with Crippen molar-refractivity contribution in [3.8, 4) is 0 Å². The molecule has 7 nitrogen and oxygen atoms in total. The van der Waals surface area contributed by atoms with Crippen LogP contribution in [-0.4, -0.2) is 45.1 Å². The Morgan fingerprint density at radius 2 is 1.89 bits per heavy atom. The first-order valence-corrected chi connectivity index (χ1v) is 12.4. The number of nitrogens with zero attached hydrogens (tertiary/aromatic N) is 2. The molecule has 4 rings (SSSR count). The summed E-state index contributed by atoms with van der Waals surface area (Å²) in [4.78, 5) is 12.7. The summed E-state index contributed by atoms with van der Waals surface area (Å²) in [5, 5.41) is 0. The van der Waals surface area contributed by atoms with Crippen molar-refractivity contribution in [1.82, 2.24) is 4.31 Å². The topological polar surface area (TPSA) is 101 Å². The first kappa shape index (κ1) is 19.6. The normalized spacial score (nSPS) is 32.8. The van der Waals surface area contributed by atoms with Crippen LogP contribution in [-0.2, 0) is 24.8 Å². The van der Waals surface area contributed by atoms with Crippen LogP contribution >= 0.6 is 0 Å². The number of carbonyl (C=O) groups is 1. The smallest absolute Gasteiger partial charge is 0.267 e. The largest absolute Gasteiger partial charge is 0.282 e. The average Bonchev–Trinajstić information content (AvgIpc) is 3.07. The molecule has 1 heterocycles. The molecule has 1 amide bonds. The fourth-order valence-corrected chi connectivity index (χ4v) is 8.85. The van der Waals surface area contributed by atoms with Crippen LogP contribution in [0.1, 0.15) is 38.7 Å². The summed E-state index contributed by atoms with van der Waals surface area (Å²) in [7, 11) is -7.87. The van der Waals surface area contributed by atoms with E-state index in [1.165, 1.54) is 12.1 Å². The molecule has 3 fully saturated rings. The highest BCUT2D eigenvalue weighted by atomic mass is 32.2. The molecule has 0 aromatic heterocycles. The number of hydrogen-bond acceptors (Lipinski definition) is 5. The summed E-state index contributed by atoms with van der Waals surface area (Å²) in [6, 6.07) is 5.68. The van der Waals surface area contributed by atoms with Crippen LogP contribution in [0, 0.1) is 23.7 Å². The van der Waals surface area contributed by atoms with Crippen LogP contribution in [0.2, 0.25) is 0 Å². The van der Waals surface area contributed by atoms with E-state index in [1.807, 2.05) is 6.92 Å². The number of amides is 1. The molecule has 1 saturated heterocycles. The minimum absolute atomic E-state index is 0.0380. The highest BCUT2D eigenvalue weighted by Crippen LogP contribution is 2.69. The molecule has 9 heteroatoms. The zero-order chi connectivity index (χ0) is 20.5. The van der Waals surface area contributed by atoms with Gasteiger partial charge >= 0.3 is 0 Å². The van der Waals surface area contributed by atoms with E-state index in [9.17, 15) is 21.6 Å². The van der Waals surface area contributed by atoms with Crippen molar-refractivity contribution in [3.05, 3.63) is 29.8 Å². The number of rotatable bonds is 3. The van der Waals surface area contributed by atoms with E-state index < -0.39 is 37.4 Å². The van der Waals surface area contributed by atoms with Crippen LogP contribution < -0.4 is 0 Å². The molecular formula is C19H24N2O5S2. The Balaban J connectivity index is 1.64. The third kappa shape index (κ3) is 2.58. The molecule has 2 aliphatic carbocycles. The van der Waals surface area contributed by atoms with Crippen molar-refractivity contribution in [3.63, 3.8) is 0 Å². The Morgan fingerprint density at radius 3 is 2.50 bits per heavy atom. The molecule has 0 unspecified atom stereocenters. The maximum absolute atomic E-state index is 12.8. The van der Waals surface area contributed by atoms with E-state index in [0.29, 0.717) is 18.6 Å². The molecule has 1 aromatic carbocycles. The summed E-state index contributed by atoms with van der Waals surface area (Å²) < 4.78 is 54.7. The molecule has 1 aliphatic heterocycles. The number of sulfonamides is 2. The first-order chi connectivity index (χ1) is 12.9. The van der Waals surface area contributed by atoms with Gasteiger partial charge in [-0.1, -0.05) is 31.5 Å². The van der Waals surface area contributed by atoms with Crippen molar-refractivity contribution < 1.29 is 21.6 Å². The first-order valence-electron chi connectivity index (χ1n) is 9.34. The minimum atomic E-state index is -4.07. The van der Waals surface area contributed by atoms with Crippen molar-refractivity contribution in [1.29, 1.82) is 0 Å². The second kappa shape index (κ2) is 5.89. The van der Waals surface area contributed by atoms with E-state index in [-0.39, 0.29) is 16.1 Å². The van der Waals surface area contributed by atoms with Gasteiger partial charge in [0, 0.05) is 5.41 Å². The van der Waals surface area contributed by atoms with Crippen molar-refractivity contribution >= 4 is 32.2 Å². The van der Waals surface area contributed by atoms with E-state index in [1.54, 1.807) is 12.1 Å². The molecule has 152 valence electrons. The molecule has 3 atom stereocenters. The molecule has 2 bridgehead atoms. The van der Waals surface area contributed by atoms with E-state index >= 15 is 0 Å². The maximum Gasteiger partial charge on any atom is 0.282 e. The van der Waals surface area contributed by atoms with Gasteiger partial charge in [-0.25, -0.2) is 12.7 Å². The lowest BCUT2D eigenvalue weighted by molar-refractivity contribution is -0.121. The Labute approximate surface area is 165 Å². The summed E-state index contributed by atoms with van der Waals surface area (Å²) in [6.07, 6.45) is 3.02. The number of benzene rings is 1. The van der Waals surface area contributed by atoms with Crippen molar-refractivity contribution in [2.24, 2.45) is 21.1 Å². The van der Waals surface area contributed by atoms with Gasteiger partial charge in [-0.05, 0) is 49.7 Å². The van der Waals surface area contributed by atoms with Gasteiger partial charge in [-0.15, -0.1) is 0 Å². The summed E-state index contributed by atoms with van der Waals surface area (Å²) >= 11 is 0. The molecule has 2 saturated carbocycles. The fraction of sp³-hybridized carbons (Fsp3) is 0.579. The minimum Gasteiger partial charge on any atom is -0.267 e. The summed E-state index contributed by atoms with van der Waals surface area (Å²) in [6.45, 7) is 6.00. The molecule has 1 aromatic rings. The van der Waals surface area contributed by atoms with Crippen LogP contribution in [0.5, 0.6) is 0 Å². The Morgan fingerprint density at radius 1 is 1.25 bits per heavy atom. The van der Waals surface area contributed by atoms with Gasteiger partial charge in [0.1, 0.15) is 6.21 Å². The highest BCUT2D eigenvalue weighted by Gasteiger charge is 2.72. The standard InChI is InChI=1S/C19H24N2O5S2/c1-13-4-6-15(7-5-13)28(25,26)20-11-17(22)21-16-10-14-8-9-19(16,18(14,2)3)12-27(21,23)24/h4-7,11,14,16H,8-10,12H2,1-3H3/b20-11+/t14-,16-,19-/m1/s1. The van der Waals surface area contributed by atoms with Gasteiger partial charge < -0.3 is 0 Å². The Bertz CT molecular complexity index is 1070. The van der Waals surface area contributed by atoms with Crippen LogP contribution in [0.15, 0.2) is 33.6 Å². The quantitative estimate of drug-likeness (QED) is 0.692. The second-order valence-electron chi connectivity index (χ2n) is 8.78. The number of hydrogen-bond donors (Lipinski definition) is 0. The number of fused-ring (bicyclic) bond motifs is 1. The van der Waals surface area contributed by atoms with Crippen LogP contribution in [0.3, 0.4) is 0 Å². The monoisotopic (exact) mass is 424 g/mol. The molecule has 28 heavy (non-hydrogen) atoms. The third-order valence-electron chi connectivity index (χ3n) is 7.25. The Hall–Kier alpha value is -1.74. The lowest BCUT2D eigenvalue weighted by atomic mass is 9.69. The molecular weight excluding hydrogens is 400 g/mol. The van der Waals surface area contributed by atoms with E-state index in [4.69, 9.17) is 0 Å². The average molecular weight is 425 g/mol. The predicted octanol–water partition coefficient (Wildman–Crippen LogP) is 2.12. The zero-order valence-corrected chi connectivity index (χ0v) is 17.8. The number of carbonyl (C=O) groups excluding carboxylic acids is 1. The fourth-order valence-electron chi connectivity index (χ4n) is 5.52. The molecule has 0 radical (unpaired) electrons. The Kier molecular flexibility index (Phi) is 4.11. The second-order valence-corrected chi connectivity index (χ2v) is 12.3. The maximum atomic E-state index is 12.8. The molecule has 1 spiro atoms. The third-order valence-corrected chi connectivity index (χ3v) is 10.4. The van der Waals surface area contributed by atoms with Crippen LogP contribution in [0.25, 0.3) is 0 Å². The van der Waals surface area contributed by atoms with E-state index in [2.05, 4.69) is 18.2 Å². The summed E-state index contributed by atoms with van der Waals surface area (Å²) in [5.41, 5.74) is 0.284. The van der Waals surface area contributed by atoms with Crippen molar-refractivity contribution in [2.45, 2.75) is 51.0 Å². The van der Waals surface area contributed by atoms with Crippen molar-refractivity contribution in [2.75, 3.05) is 5.75 Å². The van der Waals surface area contributed by atoms with Gasteiger partial charge in [0.2, 0.25) is 10.0 Å². The van der Waals surface area contributed by atoms with Gasteiger partial charge in [0.15, 0.2) is 0 Å². The summed E-state index contributed by atoms with van der Waals surface area (Å²) in [5.74, 6) is -0.559. The molecule has 3 aliphatic rings.